The van der Waals surface area contributed by atoms with Crippen molar-refractivity contribution < 1.29 is 4.79 Å². The minimum absolute atomic E-state index is 0.00850. The smallest absolute Gasteiger partial charge is 0.224 e. The van der Waals surface area contributed by atoms with E-state index in [4.69, 9.17) is 17.3 Å². The van der Waals surface area contributed by atoms with Crippen molar-refractivity contribution in [3.05, 3.63) is 23.2 Å². The first-order valence-electron chi connectivity index (χ1n) is 7.15. The molecule has 1 unspecified atom stereocenters. The van der Waals surface area contributed by atoms with Crippen LogP contribution < -0.4 is 11.1 Å². The number of nitrogens with zero attached hydrogens (tertiary/aromatic N) is 1. The Morgan fingerprint density at radius 2 is 2.35 bits per heavy atom. The lowest BCUT2D eigenvalue weighted by molar-refractivity contribution is -0.116. The summed E-state index contributed by atoms with van der Waals surface area (Å²) in [5, 5.41) is 3.39. The number of likely N-dealkylation sites (tertiary alicyclic amines) is 1. The molecule has 0 bridgehead atoms. The monoisotopic (exact) mass is 295 g/mol. The van der Waals surface area contributed by atoms with Gasteiger partial charge in [0.25, 0.3) is 0 Å². The van der Waals surface area contributed by atoms with Gasteiger partial charge in [-0.3, -0.25) is 4.79 Å². The Morgan fingerprint density at radius 3 is 3.05 bits per heavy atom. The lowest BCUT2D eigenvalue weighted by atomic mass is 10.2. The standard InChI is InChI=1S/C15H22ClN3O/c1-11-4-2-8-19(11)9-3-5-15(20)18-14-10-12(16)6-7-13(14)17/h6-7,10-11H,2-5,8-9,17H2,1H3,(H,18,20). The van der Waals surface area contributed by atoms with E-state index in [1.165, 1.54) is 12.8 Å². The number of nitrogen functional groups attached to an aromatic ring is 1. The average molecular weight is 296 g/mol. The van der Waals surface area contributed by atoms with Crippen molar-refractivity contribution in [2.45, 2.75) is 38.6 Å². The van der Waals surface area contributed by atoms with Gasteiger partial charge in [-0.25, -0.2) is 0 Å². The number of anilines is 2. The lowest BCUT2D eigenvalue weighted by Gasteiger charge is -2.20. The van der Waals surface area contributed by atoms with Crippen LogP contribution in [-0.2, 0) is 4.79 Å². The number of hydrogen-bond acceptors (Lipinski definition) is 3. The number of nitrogens with one attached hydrogen (secondary N) is 1. The largest absolute Gasteiger partial charge is 0.397 e. The predicted molar refractivity (Wildman–Crippen MR) is 84.0 cm³/mol. The van der Waals surface area contributed by atoms with Gasteiger partial charge in [0.15, 0.2) is 0 Å². The summed E-state index contributed by atoms with van der Waals surface area (Å²) in [7, 11) is 0. The molecule has 0 radical (unpaired) electrons. The summed E-state index contributed by atoms with van der Waals surface area (Å²) in [6.07, 6.45) is 3.92. The van der Waals surface area contributed by atoms with Crippen molar-refractivity contribution in [3.63, 3.8) is 0 Å². The zero-order valence-corrected chi connectivity index (χ0v) is 12.6. The van der Waals surface area contributed by atoms with Crippen molar-refractivity contribution in [3.8, 4) is 0 Å². The highest BCUT2D eigenvalue weighted by Crippen LogP contribution is 2.23. The molecule has 1 aliphatic heterocycles. The van der Waals surface area contributed by atoms with E-state index < -0.39 is 0 Å². The lowest BCUT2D eigenvalue weighted by Crippen LogP contribution is -2.28. The Balaban J connectivity index is 1.76. The Kier molecular flexibility index (Phi) is 5.26. The fourth-order valence-corrected chi connectivity index (χ4v) is 2.79. The number of hydrogen-bond donors (Lipinski definition) is 2. The maximum absolute atomic E-state index is 11.9. The minimum Gasteiger partial charge on any atom is -0.397 e. The fourth-order valence-electron chi connectivity index (χ4n) is 2.62. The normalized spacial score (nSPS) is 19.2. The van der Waals surface area contributed by atoms with Crippen LogP contribution in [0.3, 0.4) is 0 Å². The first-order valence-corrected chi connectivity index (χ1v) is 7.53. The molecule has 20 heavy (non-hydrogen) atoms. The number of halogens is 1. The quantitative estimate of drug-likeness (QED) is 0.821. The molecule has 3 N–H and O–H groups in total. The third-order valence-electron chi connectivity index (χ3n) is 3.83. The Morgan fingerprint density at radius 1 is 1.55 bits per heavy atom. The van der Waals surface area contributed by atoms with Crippen molar-refractivity contribution in [2.75, 3.05) is 24.1 Å². The maximum atomic E-state index is 11.9. The predicted octanol–water partition coefficient (Wildman–Crippen LogP) is 3.13. The van der Waals surface area contributed by atoms with Crippen LogP contribution >= 0.6 is 11.6 Å². The van der Waals surface area contributed by atoms with Gasteiger partial charge in [0, 0.05) is 17.5 Å². The average Bonchev–Trinajstić information content (AvgIpc) is 2.80. The van der Waals surface area contributed by atoms with Gasteiger partial charge < -0.3 is 16.0 Å². The van der Waals surface area contributed by atoms with Crippen LogP contribution in [0.1, 0.15) is 32.6 Å². The molecule has 0 aromatic heterocycles. The molecule has 1 heterocycles. The van der Waals surface area contributed by atoms with Crippen LogP contribution in [0.15, 0.2) is 18.2 Å². The Bertz CT molecular complexity index is 478. The van der Waals surface area contributed by atoms with Crippen LogP contribution in [0.25, 0.3) is 0 Å². The number of carbonyl (C=O) groups excluding carboxylic acids is 1. The zero-order chi connectivity index (χ0) is 14.5. The van der Waals surface area contributed by atoms with Gasteiger partial charge >= 0.3 is 0 Å². The van der Waals surface area contributed by atoms with Crippen LogP contribution in [0.5, 0.6) is 0 Å². The maximum Gasteiger partial charge on any atom is 0.224 e. The molecule has 1 atom stereocenters. The summed E-state index contributed by atoms with van der Waals surface area (Å²) in [5.41, 5.74) is 6.93. The van der Waals surface area contributed by atoms with Gasteiger partial charge in [-0.15, -0.1) is 0 Å². The summed E-state index contributed by atoms with van der Waals surface area (Å²) >= 11 is 5.89. The molecule has 1 aliphatic rings. The van der Waals surface area contributed by atoms with E-state index in [1.807, 2.05) is 0 Å². The molecule has 2 rings (SSSR count). The van der Waals surface area contributed by atoms with Crippen LogP contribution in [0, 0.1) is 0 Å². The number of amides is 1. The van der Waals surface area contributed by atoms with Crippen LogP contribution in [0.4, 0.5) is 11.4 Å². The van der Waals surface area contributed by atoms with Crippen molar-refractivity contribution in [2.24, 2.45) is 0 Å². The molecular weight excluding hydrogens is 274 g/mol. The van der Waals surface area contributed by atoms with Crippen LogP contribution in [-0.4, -0.2) is 29.9 Å². The molecule has 1 aromatic rings. The highest BCUT2D eigenvalue weighted by molar-refractivity contribution is 6.31. The third kappa shape index (κ3) is 4.12. The second-order valence-corrected chi connectivity index (χ2v) is 5.85. The molecule has 1 saturated heterocycles. The Hall–Kier alpha value is -1.26. The summed E-state index contributed by atoms with van der Waals surface area (Å²) in [4.78, 5) is 14.3. The van der Waals surface area contributed by atoms with Crippen molar-refractivity contribution in [1.29, 1.82) is 0 Å². The highest BCUT2D eigenvalue weighted by atomic mass is 35.5. The summed E-state index contributed by atoms with van der Waals surface area (Å²) in [6.45, 7) is 4.39. The molecule has 110 valence electrons. The summed E-state index contributed by atoms with van der Waals surface area (Å²) in [6, 6.07) is 5.74. The molecule has 1 fully saturated rings. The van der Waals surface area contributed by atoms with Gasteiger partial charge in [0.1, 0.15) is 0 Å². The van der Waals surface area contributed by atoms with Crippen LogP contribution in [0.2, 0.25) is 5.02 Å². The summed E-state index contributed by atoms with van der Waals surface area (Å²) < 4.78 is 0. The first-order chi connectivity index (χ1) is 9.56. The number of carbonyl (C=O) groups is 1. The van der Waals surface area contributed by atoms with Gasteiger partial charge in [-0.1, -0.05) is 11.6 Å². The van der Waals surface area contributed by atoms with Gasteiger partial charge in [-0.05, 0) is 57.5 Å². The van der Waals surface area contributed by atoms with Gasteiger partial charge in [0.2, 0.25) is 5.91 Å². The van der Waals surface area contributed by atoms with Crippen molar-refractivity contribution >= 4 is 28.9 Å². The third-order valence-corrected chi connectivity index (χ3v) is 4.06. The second-order valence-electron chi connectivity index (χ2n) is 5.41. The highest BCUT2D eigenvalue weighted by Gasteiger charge is 2.19. The second kappa shape index (κ2) is 6.95. The first kappa shape index (κ1) is 15.1. The van der Waals surface area contributed by atoms with E-state index in [2.05, 4.69) is 17.1 Å². The van der Waals surface area contributed by atoms with E-state index in [1.54, 1.807) is 18.2 Å². The molecule has 0 aliphatic carbocycles. The number of benzene rings is 1. The minimum atomic E-state index is -0.00850. The summed E-state index contributed by atoms with van der Waals surface area (Å²) in [5.74, 6) is -0.00850. The molecule has 5 heteroatoms. The molecule has 0 spiro atoms. The molecule has 4 nitrogen and oxygen atoms in total. The molecular formula is C15H22ClN3O. The van der Waals surface area contributed by atoms with E-state index in [0.29, 0.717) is 28.9 Å². The van der Waals surface area contributed by atoms with E-state index in [9.17, 15) is 4.79 Å². The Labute approximate surface area is 125 Å². The van der Waals surface area contributed by atoms with Crippen molar-refractivity contribution in [1.82, 2.24) is 4.90 Å². The van der Waals surface area contributed by atoms with Gasteiger partial charge in [0.05, 0.1) is 11.4 Å². The number of rotatable bonds is 5. The van der Waals surface area contributed by atoms with E-state index in [-0.39, 0.29) is 5.91 Å². The van der Waals surface area contributed by atoms with E-state index in [0.717, 1.165) is 19.5 Å². The fraction of sp³-hybridized carbons (Fsp3) is 0.533. The SMILES string of the molecule is CC1CCCN1CCCC(=O)Nc1cc(Cl)ccc1N. The number of nitrogens with two attached hydrogens (primary N) is 1. The molecule has 0 saturated carbocycles. The van der Waals surface area contributed by atoms with E-state index >= 15 is 0 Å². The zero-order valence-electron chi connectivity index (χ0n) is 11.9. The topological polar surface area (TPSA) is 58.4 Å². The molecule has 1 aromatic carbocycles. The molecule has 1 amide bonds. The van der Waals surface area contributed by atoms with Gasteiger partial charge in [-0.2, -0.15) is 0 Å².